The molecule has 0 saturated heterocycles. The number of benzene rings is 1. The predicted octanol–water partition coefficient (Wildman–Crippen LogP) is -0.618. The van der Waals surface area contributed by atoms with E-state index in [1.807, 2.05) is 18.2 Å². The Morgan fingerprint density at radius 3 is 2.59 bits per heavy atom. The van der Waals surface area contributed by atoms with Crippen molar-refractivity contribution < 1.29 is 29.4 Å². The summed E-state index contributed by atoms with van der Waals surface area (Å²) in [6.07, 6.45) is 3.43. The summed E-state index contributed by atoms with van der Waals surface area (Å²) in [7, 11) is 0. The van der Waals surface area contributed by atoms with Crippen molar-refractivity contribution >= 4 is 29.7 Å². The molecule has 0 aliphatic carbocycles. The third-order valence-electron chi connectivity index (χ3n) is 5.11. The maximum Gasteiger partial charge on any atom is 0.245 e. The Kier molecular flexibility index (Phi) is 10.4. The van der Waals surface area contributed by atoms with Crippen LogP contribution in [0.4, 0.5) is 0 Å². The minimum absolute atomic E-state index is 0.113. The first kappa shape index (κ1) is 26.7. The van der Waals surface area contributed by atoms with Crippen LogP contribution >= 0.6 is 0 Å². The third kappa shape index (κ3) is 9.16. The van der Waals surface area contributed by atoms with E-state index in [9.17, 15) is 29.4 Å². The van der Waals surface area contributed by atoms with Crippen LogP contribution in [0.5, 0.6) is 0 Å². The number of amides is 4. The molecule has 5 unspecified atom stereocenters. The van der Waals surface area contributed by atoms with Crippen LogP contribution in [-0.4, -0.2) is 70.7 Å². The van der Waals surface area contributed by atoms with Crippen molar-refractivity contribution in [3.8, 4) is 0 Å². The zero-order chi connectivity index (χ0) is 25.1. The third-order valence-corrected chi connectivity index (χ3v) is 5.11. The first-order valence-corrected chi connectivity index (χ1v) is 11.1. The molecule has 2 rings (SSSR count). The highest BCUT2D eigenvalue weighted by molar-refractivity contribution is 5.97. The van der Waals surface area contributed by atoms with Crippen LogP contribution in [0.3, 0.4) is 0 Å². The molecular formula is C24H32N4O6. The van der Waals surface area contributed by atoms with E-state index in [4.69, 9.17) is 0 Å². The summed E-state index contributed by atoms with van der Waals surface area (Å²) >= 11 is 0. The normalized spacial score (nSPS) is 23.6. The van der Waals surface area contributed by atoms with Crippen LogP contribution in [0.25, 0.3) is 6.08 Å². The molecule has 184 valence electrons. The van der Waals surface area contributed by atoms with Gasteiger partial charge in [-0.3, -0.25) is 19.2 Å². The van der Waals surface area contributed by atoms with E-state index >= 15 is 0 Å². The number of hydrogen-bond acceptors (Lipinski definition) is 6. The van der Waals surface area contributed by atoms with Gasteiger partial charge in [-0.15, -0.1) is 0 Å². The summed E-state index contributed by atoms with van der Waals surface area (Å²) in [5.74, 6) is -2.27. The highest BCUT2D eigenvalue weighted by atomic mass is 16.3. The summed E-state index contributed by atoms with van der Waals surface area (Å²) in [4.78, 5) is 49.6. The molecule has 0 spiro atoms. The van der Waals surface area contributed by atoms with Gasteiger partial charge in [0.15, 0.2) is 0 Å². The molecule has 10 nitrogen and oxygen atoms in total. The van der Waals surface area contributed by atoms with Crippen LogP contribution in [-0.2, 0) is 19.2 Å². The summed E-state index contributed by atoms with van der Waals surface area (Å²) in [6, 6.07) is 6.13. The van der Waals surface area contributed by atoms with Crippen LogP contribution in [0.1, 0.15) is 32.3 Å². The standard InChI is InChI=1S/C24H32N4O6/c1-15-8-10-20(31)25-13-12-18(30)14-19(23(33)26-15)27-24(34)22(16(2)29)28-21(32)11-9-17-6-4-3-5-7-17/h3-11,15-16,18-19,22,29-30H,12-14H2,1-2H3,(H,25,31)(H,26,33)(H,27,34)(H,28,32). The molecule has 1 aliphatic heterocycles. The van der Waals surface area contributed by atoms with E-state index < -0.39 is 48.1 Å². The average molecular weight is 473 g/mol. The van der Waals surface area contributed by atoms with Crippen molar-refractivity contribution in [2.45, 2.75) is 57.0 Å². The molecule has 0 fully saturated rings. The first-order chi connectivity index (χ1) is 16.2. The second-order valence-corrected chi connectivity index (χ2v) is 8.16. The highest BCUT2D eigenvalue weighted by Crippen LogP contribution is 2.07. The molecule has 10 heteroatoms. The van der Waals surface area contributed by atoms with Crippen molar-refractivity contribution in [1.29, 1.82) is 0 Å². The van der Waals surface area contributed by atoms with Gasteiger partial charge in [0.25, 0.3) is 0 Å². The first-order valence-electron chi connectivity index (χ1n) is 11.1. The molecule has 0 saturated carbocycles. The summed E-state index contributed by atoms with van der Waals surface area (Å²) in [5, 5.41) is 30.6. The fourth-order valence-electron chi connectivity index (χ4n) is 3.25. The van der Waals surface area contributed by atoms with Gasteiger partial charge in [0.1, 0.15) is 12.1 Å². The van der Waals surface area contributed by atoms with Gasteiger partial charge in [0.2, 0.25) is 23.6 Å². The molecule has 1 heterocycles. The van der Waals surface area contributed by atoms with Crippen LogP contribution in [0.2, 0.25) is 0 Å². The van der Waals surface area contributed by atoms with E-state index in [2.05, 4.69) is 21.3 Å². The molecule has 1 aromatic carbocycles. The topological polar surface area (TPSA) is 157 Å². The van der Waals surface area contributed by atoms with E-state index in [-0.39, 0.29) is 25.3 Å². The zero-order valence-electron chi connectivity index (χ0n) is 19.2. The number of nitrogens with one attached hydrogen (secondary N) is 4. The minimum Gasteiger partial charge on any atom is -0.393 e. The van der Waals surface area contributed by atoms with E-state index in [1.54, 1.807) is 25.1 Å². The molecule has 1 aromatic rings. The lowest BCUT2D eigenvalue weighted by Crippen LogP contribution is -2.58. The van der Waals surface area contributed by atoms with Gasteiger partial charge >= 0.3 is 0 Å². The zero-order valence-corrected chi connectivity index (χ0v) is 19.2. The Morgan fingerprint density at radius 2 is 1.91 bits per heavy atom. The largest absolute Gasteiger partial charge is 0.393 e. The Balaban J connectivity index is 2.09. The molecule has 0 aromatic heterocycles. The van der Waals surface area contributed by atoms with Gasteiger partial charge in [0, 0.05) is 31.2 Å². The lowest BCUT2D eigenvalue weighted by Gasteiger charge is -2.26. The van der Waals surface area contributed by atoms with Crippen LogP contribution < -0.4 is 21.3 Å². The fourth-order valence-corrected chi connectivity index (χ4v) is 3.25. The smallest absolute Gasteiger partial charge is 0.245 e. The summed E-state index contributed by atoms with van der Waals surface area (Å²) in [6.45, 7) is 3.19. The second kappa shape index (κ2) is 13.3. The highest BCUT2D eigenvalue weighted by Gasteiger charge is 2.31. The maximum absolute atomic E-state index is 12.9. The molecule has 0 bridgehead atoms. The lowest BCUT2D eigenvalue weighted by molar-refractivity contribution is -0.134. The summed E-state index contributed by atoms with van der Waals surface area (Å²) < 4.78 is 0. The predicted molar refractivity (Wildman–Crippen MR) is 126 cm³/mol. The lowest BCUT2D eigenvalue weighted by atomic mass is 10.0. The molecule has 0 radical (unpaired) electrons. The van der Waals surface area contributed by atoms with Gasteiger partial charge in [-0.25, -0.2) is 0 Å². The van der Waals surface area contributed by atoms with Gasteiger partial charge < -0.3 is 31.5 Å². The number of carbonyl (C=O) groups is 4. The van der Waals surface area contributed by atoms with Crippen molar-refractivity contribution in [3.63, 3.8) is 0 Å². The fraction of sp³-hybridized carbons (Fsp3) is 0.417. The SMILES string of the molecule is CC1C=CC(=O)NCCC(O)CC(NC(=O)C(NC(=O)C=Cc2ccccc2)C(C)O)C(=O)N1. The number of hydrogen-bond donors (Lipinski definition) is 6. The van der Waals surface area contributed by atoms with Gasteiger partial charge in [-0.2, -0.15) is 0 Å². The van der Waals surface area contributed by atoms with Crippen molar-refractivity contribution in [2.75, 3.05) is 6.54 Å². The van der Waals surface area contributed by atoms with Crippen LogP contribution in [0.15, 0.2) is 48.6 Å². The molecular weight excluding hydrogens is 440 g/mol. The maximum atomic E-state index is 12.9. The Bertz CT molecular complexity index is 915. The van der Waals surface area contributed by atoms with Gasteiger partial charge in [-0.1, -0.05) is 36.4 Å². The van der Waals surface area contributed by atoms with Crippen molar-refractivity contribution in [1.82, 2.24) is 21.3 Å². The quantitative estimate of drug-likeness (QED) is 0.303. The van der Waals surface area contributed by atoms with E-state index in [1.165, 1.54) is 25.2 Å². The van der Waals surface area contributed by atoms with E-state index in [0.717, 1.165) is 5.56 Å². The van der Waals surface area contributed by atoms with Crippen molar-refractivity contribution in [2.24, 2.45) is 0 Å². The van der Waals surface area contributed by atoms with Crippen LogP contribution in [0, 0.1) is 0 Å². The molecule has 5 atom stereocenters. The summed E-state index contributed by atoms with van der Waals surface area (Å²) in [5.41, 5.74) is 0.786. The Morgan fingerprint density at radius 1 is 1.21 bits per heavy atom. The second-order valence-electron chi connectivity index (χ2n) is 8.16. The Hall–Kier alpha value is -3.50. The molecule has 4 amide bonds. The number of carbonyl (C=O) groups excluding carboxylic acids is 4. The van der Waals surface area contributed by atoms with E-state index in [0.29, 0.717) is 0 Å². The number of aliphatic hydroxyl groups is 2. The van der Waals surface area contributed by atoms with Gasteiger partial charge in [-0.05, 0) is 31.9 Å². The Labute approximate surface area is 198 Å². The molecule has 1 aliphatic rings. The molecule has 34 heavy (non-hydrogen) atoms. The van der Waals surface area contributed by atoms with Crippen molar-refractivity contribution in [3.05, 3.63) is 54.1 Å². The number of rotatable bonds is 6. The minimum atomic E-state index is -1.32. The average Bonchev–Trinajstić information content (AvgIpc) is 2.79. The van der Waals surface area contributed by atoms with Gasteiger partial charge in [0.05, 0.1) is 12.2 Å². The molecule has 6 N–H and O–H groups in total. The monoisotopic (exact) mass is 472 g/mol. The number of aliphatic hydroxyl groups excluding tert-OH is 2.